The van der Waals surface area contributed by atoms with Crippen LogP contribution in [0, 0.1) is 0 Å². The number of benzene rings is 2. The van der Waals surface area contributed by atoms with Gasteiger partial charge in [0.15, 0.2) is 11.5 Å². The van der Waals surface area contributed by atoms with Gasteiger partial charge < -0.3 is 19.5 Å². The van der Waals surface area contributed by atoms with Crippen molar-refractivity contribution in [3.63, 3.8) is 0 Å². The van der Waals surface area contributed by atoms with Gasteiger partial charge in [0.05, 0.1) is 25.8 Å². The van der Waals surface area contributed by atoms with E-state index in [9.17, 15) is 0 Å². The fourth-order valence-corrected chi connectivity index (χ4v) is 2.47. The van der Waals surface area contributed by atoms with Crippen LogP contribution in [0.5, 0.6) is 17.2 Å². The Morgan fingerprint density at radius 2 is 1.71 bits per heavy atom. The first-order valence-electron chi connectivity index (χ1n) is 6.47. The molecule has 0 aliphatic heterocycles. The molecule has 21 heavy (non-hydrogen) atoms. The van der Waals surface area contributed by atoms with Gasteiger partial charge in [0.2, 0.25) is 0 Å². The van der Waals surface area contributed by atoms with Crippen molar-refractivity contribution in [1.29, 1.82) is 0 Å². The summed E-state index contributed by atoms with van der Waals surface area (Å²) < 4.78 is 16.9. The summed E-state index contributed by atoms with van der Waals surface area (Å²) in [6.07, 6.45) is 0. The van der Waals surface area contributed by atoms with Gasteiger partial charge in [0.1, 0.15) is 5.75 Å². The van der Waals surface area contributed by atoms with Crippen LogP contribution in [0.15, 0.2) is 40.9 Å². The Morgan fingerprint density at radius 1 is 0.952 bits per heavy atom. The molecule has 0 saturated carbocycles. The van der Waals surface area contributed by atoms with E-state index >= 15 is 0 Å². The lowest BCUT2D eigenvalue weighted by Crippen LogP contribution is -2.03. The first-order chi connectivity index (χ1) is 10.2. The predicted molar refractivity (Wildman–Crippen MR) is 87.6 cm³/mol. The quantitative estimate of drug-likeness (QED) is 0.850. The fraction of sp³-hybridized carbons (Fsp3) is 0.250. The van der Waals surface area contributed by atoms with Gasteiger partial charge in [-0.15, -0.1) is 0 Å². The fourth-order valence-electron chi connectivity index (χ4n) is 2.06. The summed E-state index contributed by atoms with van der Waals surface area (Å²) in [5, 5.41) is 3.35. The van der Waals surface area contributed by atoms with Crippen LogP contribution in [0.2, 0.25) is 0 Å². The average Bonchev–Trinajstić information content (AvgIpc) is 2.53. The van der Waals surface area contributed by atoms with Gasteiger partial charge in [0.25, 0.3) is 0 Å². The number of rotatable bonds is 6. The van der Waals surface area contributed by atoms with Gasteiger partial charge in [-0.3, -0.25) is 0 Å². The minimum Gasteiger partial charge on any atom is -0.495 e. The summed E-state index contributed by atoms with van der Waals surface area (Å²) in [6.45, 7) is 0.630. The van der Waals surface area contributed by atoms with Gasteiger partial charge in [-0.05, 0) is 34.1 Å². The SMILES string of the molecule is COc1cc(NCc2cccc(OC)c2OC)ccc1Br. The standard InChI is InChI=1S/C16H18BrNO3/c1-19-14-6-4-5-11(16(14)21-3)10-18-12-7-8-13(17)15(9-12)20-2/h4-9,18H,10H2,1-3H3. The largest absolute Gasteiger partial charge is 0.495 e. The van der Waals surface area contributed by atoms with Crippen LogP contribution in [-0.4, -0.2) is 21.3 Å². The molecule has 2 aromatic rings. The summed E-state index contributed by atoms with van der Waals surface area (Å²) in [7, 11) is 4.92. The number of halogens is 1. The normalized spacial score (nSPS) is 10.1. The highest BCUT2D eigenvalue weighted by atomic mass is 79.9. The zero-order chi connectivity index (χ0) is 15.2. The van der Waals surface area contributed by atoms with Crippen molar-refractivity contribution in [2.45, 2.75) is 6.54 Å². The molecule has 0 fully saturated rings. The van der Waals surface area contributed by atoms with E-state index in [0.29, 0.717) is 6.54 Å². The van der Waals surface area contributed by atoms with Crippen molar-refractivity contribution in [3.8, 4) is 17.2 Å². The van der Waals surface area contributed by atoms with E-state index < -0.39 is 0 Å². The zero-order valence-corrected chi connectivity index (χ0v) is 13.9. The minimum atomic E-state index is 0.630. The van der Waals surface area contributed by atoms with Gasteiger partial charge in [-0.1, -0.05) is 12.1 Å². The van der Waals surface area contributed by atoms with E-state index in [2.05, 4.69) is 21.2 Å². The molecule has 0 aliphatic carbocycles. The minimum absolute atomic E-state index is 0.630. The zero-order valence-electron chi connectivity index (χ0n) is 12.3. The van der Waals surface area contributed by atoms with Crippen molar-refractivity contribution >= 4 is 21.6 Å². The van der Waals surface area contributed by atoms with Crippen molar-refractivity contribution in [2.24, 2.45) is 0 Å². The number of ether oxygens (including phenoxy) is 3. The molecule has 0 bridgehead atoms. The van der Waals surface area contributed by atoms with Gasteiger partial charge in [-0.2, -0.15) is 0 Å². The number of anilines is 1. The van der Waals surface area contributed by atoms with Crippen molar-refractivity contribution < 1.29 is 14.2 Å². The Hall–Kier alpha value is -1.88. The topological polar surface area (TPSA) is 39.7 Å². The second-order valence-electron chi connectivity index (χ2n) is 4.36. The number of para-hydroxylation sites is 1. The van der Waals surface area contributed by atoms with Crippen LogP contribution in [0.4, 0.5) is 5.69 Å². The molecule has 112 valence electrons. The number of hydrogen-bond acceptors (Lipinski definition) is 4. The van der Waals surface area contributed by atoms with Gasteiger partial charge in [-0.25, -0.2) is 0 Å². The maximum Gasteiger partial charge on any atom is 0.165 e. The lowest BCUT2D eigenvalue weighted by Gasteiger charge is -2.14. The van der Waals surface area contributed by atoms with Crippen LogP contribution in [-0.2, 0) is 6.54 Å². The molecule has 0 radical (unpaired) electrons. The molecule has 0 saturated heterocycles. The number of hydrogen-bond donors (Lipinski definition) is 1. The Kier molecular flexibility index (Phi) is 5.33. The van der Waals surface area contributed by atoms with Crippen LogP contribution in [0.25, 0.3) is 0 Å². The lowest BCUT2D eigenvalue weighted by molar-refractivity contribution is 0.352. The Labute approximate surface area is 133 Å². The molecule has 5 heteroatoms. The summed E-state index contributed by atoms with van der Waals surface area (Å²) in [5.41, 5.74) is 2.00. The highest BCUT2D eigenvalue weighted by molar-refractivity contribution is 9.10. The van der Waals surface area contributed by atoms with E-state index in [0.717, 1.165) is 33.0 Å². The van der Waals surface area contributed by atoms with Crippen molar-refractivity contribution in [3.05, 3.63) is 46.4 Å². The molecule has 0 aromatic heterocycles. The molecule has 0 atom stereocenters. The molecule has 1 N–H and O–H groups in total. The Balaban J connectivity index is 2.16. The lowest BCUT2D eigenvalue weighted by atomic mass is 10.1. The van der Waals surface area contributed by atoms with E-state index in [4.69, 9.17) is 14.2 Å². The average molecular weight is 352 g/mol. The summed E-state index contributed by atoms with van der Waals surface area (Å²) in [5.74, 6) is 2.26. The first kappa shape index (κ1) is 15.5. The molecule has 0 unspecified atom stereocenters. The van der Waals surface area contributed by atoms with Gasteiger partial charge >= 0.3 is 0 Å². The highest BCUT2D eigenvalue weighted by Crippen LogP contribution is 2.32. The second-order valence-corrected chi connectivity index (χ2v) is 5.21. The molecule has 2 aromatic carbocycles. The molecular formula is C16H18BrNO3. The third kappa shape index (κ3) is 3.61. The Morgan fingerprint density at radius 3 is 2.38 bits per heavy atom. The summed E-state index contributed by atoms with van der Waals surface area (Å²) >= 11 is 3.44. The predicted octanol–water partition coefficient (Wildman–Crippen LogP) is 4.09. The van der Waals surface area contributed by atoms with E-state index in [1.807, 2.05) is 36.4 Å². The molecule has 4 nitrogen and oxygen atoms in total. The van der Waals surface area contributed by atoms with Crippen molar-refractivity contribution in [1.82, 2.24) is 0 Å². The maximum absolute atomic E-state index is 5.42. The van der Waals surface area contributed by atoms with E-state index in [1.54, 1.807) is 21.3 Å². The van der Waals surface area contributed by atoms with Crippen LogP contribution < -0.4 is 19.5 Å². The molecule has 2 rings (SSSR count). The summed E-state index contributed by atoms with van der Waals surface area (Å²) in [6, 6.07) is 11.7. The molecular weight excluding hydrogens is 334 g/mol. The third-order valence-electron chi connectivity index (χ3n) is 3.12. The van der Waals surface area contributed by atoms with Gasteiger partial charge in [0, 0.05) is 23.9 Å². The van der Waals surface area contributed by atoms with Crippen LogP contribution in [0.3, 0.4) is 0 Å². The second kappa shape index (κ2) is 7.22. The van der Waals surface area contributed by atoms with Crippen LogP contribution in [0.1, 0.15) is 5.56 Å². The molecule has 0 spiro atoms. The molecule has 0 heterocycles. The Bertz CT molecular complexity index is 616. The maximum atomic E-state index is 5.42. The molecule has 0 aliphatic rings. The van der Waals surface area contributed by atoms with Crippen LogP contribution >= 0.6 is 15.9 Å². The molecule has 0 amide bonds. The first-order valence-corrected chi connectivity index (χ1v) is 7.26. The van der Waals surface area contributed by atoms with Crippen molar-refractivity contribution in [2.75, 3.05) is 26.6 Å². The van der Waals surface area contributed by atoms with E-state index in [1.165, 1.54) is 0 Å². The highest BCUT2D eigenvalue weighted by Gasteiger charge is 2.09. The smallest absolute Gasteiger partial charge is 0.165 e. The summed E-state index contributed by atoms with van der Waals surface area (Å²) in [4.78, 5) is 0. The van der Waals surface area contributed by atoms with E-state index in [-0.39, 0.29) is 0 Å². The number of methoxy groups -OCH3 is 3. The monoisotopic (exact) mass is 351 g/mol. The number of nitrogens with one attached hydrogen (secondary N) is 1. The third-order valence-corrected chi connectivity index (χ3v) is 3.77.